The number of pyridine rings is 1. The van der Waals surface area contributed by atoms with Crippen molar-refractivity contribution in [1.29, 1.82) is 0 Å². The minimum atomic E-state index is -1.37. The van der Waals surface area contributed by atoms with Gasteiger partial charge in [-0.1, -0.05) is 22.0 Å². The van der Waals surface area contributed by atoms with Crippen LogP contribution in [0.25, 0.3) is 10.9 Å². The SMILES string of the molecule is CO/N=C1\C(=O)N(Cc2cn(CC(=O)N3CCC[C@@H]4CN(c5c(F)cc6c(=O)c(C(=O)O)cn(C7CC7)c6c5OC)C[C@@H]43)nn2)c2ccc(C)cc21. The highest BCUT2D eigenvalue weighted by molar-refractivity contribution is 6.54. The second kappa shape index (κ2) is 12.8. The third-order valence-electron chi connectivity index (χ3n) is 10.5. The average Bonchev–Trinajstić information content (AvgIpc) is 3.64. The molecule has 0 spiro atoms. The number of hydrogen-bond donors (Lipinski definition) is 1. The minimum absolute atomic E-state index is 0.0159. The van der Waals surface area contributed by atoms with E-state index in [2.05, 4.69) is 15.5 Å². The second-order valence-corrected chi connectivity index (χ2v) is 13.9. The van der Waals surface area contributed by atoms with E-state index >= 15 is 4.39 Å². The molecule has 16 heteroatoms. The third kappa shape index (κ3) is 5.52. The summed E-state index contributed by atoms with van der Waals surface area (Å²) in [6.45, 7) is 3.34. The molecule has 2 saturated heterocycles. The lowest BCUT2D eigenvalue weighted by Gasteiger charge is -2.36. The van der Waals surface area contributed by atoms with Crippen molar-refractivity contribution in [3.8, 4) is 5.75 Å². The quantitative estimate of drug-likeness (QED) is 0.255. The summed E-state index contributed by atoms with van der Waals surface area (Å²) in [5, 5.41) is 22.0. The number of piperidine rings is 1. The molecule has 2 amide bonds. The number of aromatic carboxylic acids is 1. The summed E-state index contributed by atoms with van der Waals surface area (Å²) in [4.78, 5) is 62.3. The highest BCUT2D eigenvalue weighted by Crippen LogP contribution is 2.45. The maximum Gasteiger partial charge on any atom is 0.341 e. The second-order valence-electron chi connectivity index (χ2n) is 13.9. The molecule has 15 nitrogen and oxygen atoms in total. The number of oxime groups is 1. The van der Waals surface area contributed by atoms with E-state index in [0.29, 0.717) is 42.1 Å². The van der Waals surface area contributed by atoms with Gasteiger partial charge in [-0.2, -0.15) is 0 Å². The Morgan fingerprint density at radius 3 is 2.63 bits per heavy atom. The van der Waals surface area contributed by atoms with Gasteiger partial charge in [-0.05, 0) is 56.7 Å². The van der Waals surface area contributed by atoms with Crippen molar-refractivity contribution in [2.24, 2.45) is 11.1 Å². The van der Waals surface area contributed by atoms with Gasteiger partial charge in [0.1, 0.15) is 30.6 Å². The molecule has 52 heavy (non-hydrogen) atoms. The number of carboxylic acids is 1. The molecule has 3 fully saturated rings. The number of aryl methyl sites for hydroxylation is 1. The average molecular weight is 713 g/mol. The monoisotopic (exact) mass is 712 g/mol. The molecule has 0 bridgehead atoms. The van der Waals surface area contributed by atoms with E-state index in [4.69, 9.17) is 9.57 Å². The molecule has 4 aliphatic rings. The summed E-state index contributed by atoms with van der Waals surface area (Å²) in [7, 11) is 2.81. The van der Waals surface area contributed by atoms with Crippen LogP contribution in [0, 0.1) is 18.7 Å². The molecule has 2 aromatic carbocycles. The van der Waals surface area contributed by atoms with Crippen molar-refractivity contribution in [3.63, 3.8) is 0 Å². The number of amides is 2. The molecule has 0 radical (unpaired) electrons. The number of hydrogen-bond acceptors (Lipinski definition) is 10. The van der Waals surface area contributed by atoms with Crippen LogP contribution in [0.15, 0.2) is 46.6 Å². The van der Waals surface area contributed by atoms with Gasteiger partial charge >= 0.3 is 5.97 Å². The molecule has 3 aliphatic heterocycles. The van der Waals surface area contributed by atoms with Gasteiger partial charge in [0.05, 0.1) is 42.5 Å². The lowest BCUT2D eigenvalue weighted by molar-refractivity contribution is -0.136. The van der Waals surface area contributed by atoms with Crippen molar-refractivity contribution < 1.29 is 33.5 Å². The van der Waals surface area contributed by atoms with Gasteiger partial charge in [0.15, 0.2) is 17.3 Å². The highest BCUT2D eigenvalue weighted by Gasteiger charge is 2.43. The molecule has 0 unspecified atom stereocenters. The van der Waals surface area contributed by atoms with Crippen LogP contribution in [-0.2, 0) is 27.5 Å². The van der Waals surface area contributed by atoms with E-state index < -0.39 is 22.8 Å². The van der Waals surface area contributed by atoms with Gasteiger partial charge in [0.25, 0.3) is 5.91 Å². The van der Waals surface area contributed by atoms with Crippen LogP contribution < -0.4 is 20.0 Å². The molecule has 1 N–H and O–H groups in total. The van der Waals surface area contributed by atoms with Gasteiger partial charge < -0.3 is 33.9 Å². The Morgan fingerprint density at radius 2 is 1.90 bits per heavy atom. The number of carbonyl (C=O) groups is 3. The number of rotatable bonds is 9. The molecule has 2 aromatic heterocycles. The van der Waals surface area contributed by atoms with E-state index in [0.717, 1.165) is 37.3 Å². The third-order valence-corrected chi connectivity index (χ3v) is 10.5. The Labute approximate surface area is 296 Å². The van der Waals surface area contributed by atoms with Crippen molar-refractivity contribution in [2.75, 3.05) is 43.7 Å². The number of nitrogens with zero attached hydrogens (tertiary/aromatic N) is 8. The zero-order valence-electron chi connectivity index (χ0n) is 28.9. The first-order chi connectivity index (χ1) is 25.1. The number of benzene rings is 2. The number of fused-ring (bicyclic) bond motifs is 3. The van der Waals surface area contributed by atoms with Crippen LogP contribution in [0.1, 0.15) is 58.9 Å². The van der Waals surface area contributed by atoms with E-state index in [-0.39, 0.29) is 65.4 Å². The Bertz CT molecular complexity index is 2250. The molecule has 5 heterocycles. The van der Waals surface area contributed by atoms with Gasteiger partial charge in [0, 0.05) is 37.4 Å². The molecule has 4 aromatic rings. The lowest BCUT2D eigenvalue weighted by Crippen LogP contribution is -2.49. The zero-order valence-corrected chi connectivity index (χ0v) is 28.9. The van der Waals surface area contributed by atoms with Crippen LogP contribution in [0.3, 0.4) is 0 Å². The van der Waals surface area contributed by atoms with E-state index in [1.807, 2.05) is 34.9 Å². The summed E-state index contributed by atoms with van der Waals surface area (Å²) in [6, 6.07) is 6.54. The summed E-state index contributed by atoms with van der Waals surface area (Å²) < 4.78 is 25.1. The first-order valence-corrected chi connectivity index (χ1v) is 17.2. The maximum atomic E-state index is 16.1. The molecule has 8 rings (SSSR count). The maximum absolute atomic E-state index is 16.1. The summed E-state index contributed by atoms with van der Waals surface area (Å²) in [5.74, 6) is -2.29. The minimum Gasteiger partial charge on any atom is -0.492 e. The number of ether oxygens (including phenoxy) is 1. The molecular formula is C36H37FN8O7. The molecule has 1 saturated carbocycles. The number of aromatic nitrogens is 4. The predicted molar refractivity (Wildman–Crippen MR) is 186 cm³/mol. The predicted octanol–water partition coefficient (Wildman–Crippen LogP) is 3.11. The van der Waals surface area contributed by atoms with Crippen molar-refractivity contribution in [1.82, 2.24) is 24.5 Å². The Kier molecular flexibility index (Phi) is 8.18. The number of carbonyl (C=O) groups excluding carboxylic acids is 2. The highest BCUT2D eigenvalue weighted by atomic mass is 19.1. The van der Waals surface area contributed by atoms with E-state index in [1.54, 1.807) is 15.7 Å². The van der Waals surface area contributed by atoms with Crippen LogP contribution >= 0.6 is 0 Å². The number of halogens is 1. The number of methoxy groups -OCH3 is 1. The fourth-order valence-electron chi connectivity index (χ4n) is 8.04. The zero-order chi connectivity index (χ0) is 36.4. The Balaban J connectivity index is 1.02. The molecule has 270 valence electrons. The molecule has 2 atom stereocenters. The van der Waals surface area contributed by atoms with Crippen LogP contribution in [0.4, 0.5) is 15.8 Å². The first-order valence-electron chi connectivity index (χ1n) is 17.2. The fraction of sp³-hybridized carbons (Fsp3) is 0.417. The standard InChI is InChI=1S/C36H37FN8O7/c1-19-6-9-27-23(11-19)30(39-52-3)35(48)45(27)15-21-14-42(40-38-21)18-29(46)43-10-4-5-20-13-41(17-28(20)43)32-26(37)12-24-31(34(32)51-2)44(22-7-8-22)16-25(33(24)47)36(49)50/h6,9,11-12,14,16,20,22,28H,4-5,7-8,10,13,15,17-18H2,1-3H3,(H,49,50)/b39-30-/t20-,28+/m1/s1. The Hall–Kier alpha value is -5.80. The molecular weight excluding hydrogens is 675 g/mol. The van der Waals surface area contributed by atoms with E-state index in [9.17, 15) is 24.3 Å². The Morgan fingerprint density at radius 1 is 1.10 bits per heavy atom. The number of carboxylic acid groups (broad SMARTS) is 1. The largest absolute Gasteiger partial charge is 0.492 e. The van der Waals surface area contributed by atoms with Crippen molar-refractivity contribution in [3.05, 3.63) is 75.1 Å². The van der Waals surface area contributed by atoms with Gasteiger partial charge in [-0.25, -0.2) is 13.9 Å². The summed E-state index contributed by atoms with van der Waals surface area (Å²) in [5.41, 5.74) is 2.43. The topological polar surface area (TPSA) is 165 Å². The first kappa shape index (κ1) is 33.3. The van der Waals surface area contributed by atoms with Crippen molar-refractivity contribution >= 4 is 45.8 Å². The number of likely N-dealkylation sites (tertiary alicyclic amines) is 1. The van der Waals surface area contributed by atoms with E-state index in [1.165, 1.54) is 25.1 Å². The lowest BCUT2D eigenvalue weighted by atomic mass is 9.92. The number of anilines is 2. The van der Waals surface area contributed by atoms with Gasteiger partial charge in [-0.3, -0.25) is 14.4 Å². The normalized spacial score (nSPS) is 20.5. The van der Waals surface area contributed by atoms with Gasteiger partial charge in [-0.15, -0.1) is 5.10 Å². The summed E-state index contributed by atoms with van der Waals surface area (Å²) >= 11 is 0. The molecule has 1 aliphatic carbocycles. The van der Waals surface area contributed by atoms with Crippen LogP contribution in [0.2, 0.25) is 0 Å². The van der Waals surface area contributed by atoms with Crippen LogP contribution in [-0.4, -0.2) is 93.0 Å². The van der Waals surface area contributed by atoms with Crippen molar-refractivity contribution in [2.45, 2.75) is 57.8 Å². The van der Waals surface area contributed by atoms with Crippen LogP contribution in [0.5, 0.6) is 5.75 Å². The summed E-state index contributed by atoms with van der Waals surface area (Å²) in [6.07, 6.45) is 6.23. The fourth-order valence-corrected chi connectivity index (χ4v) is 8.04. The van der Waals surface area contributed by atoms with Gasteiger partial charge in [0.2, 0.25) is 11.3 Å². The smallest absolute Gasteiger partial charge is 0.341 e.